The smallest absolute Gasteiger partial charge is 0.395 e. The minimum atomic E-state index is -4.25. The molecule has 0 radical (unpaired) electrons. The van der Waals surface area contributed by atoms with Crippen LogP contribution in [0.25, 0.3) is 0 Å². The second kappa shape index (κ2) is 29.9. The fourth-order valence-electron chi connectivity index (χ4n) is 3.93. The fraction of sp³-hybridized carbons (Fsp3) is 1.00. The van der Waals surface area contributed by atoms with Crippen LogP contribution in [0, 0.1) is 0 Å². The van der Waals surface area contributed by atoms with E-state index in [9.17, 15) is 8.42 Å². The Morgan fingerprint density at radius 3 is 1.09 bits per heavy atom. The first-order valence-corrected chi connectivity index (χ1v) is 15.4. The van der Waals surface area contributed by atoms with E-state index in [1.165, 1.54) is 96.3 Å². The van der Waals surface area contributed by atoms with E-state index in [0.717, 1.165) is 12.8 Å². The summed E-state index contributed by atoms with van der Waals surface area (Å²) in [5, 5.41) is 25.5. The van der Waals surface area contributed by atoms with Crippen LogP contribution < -0.4 is 0 Å². The molecule has 0 atom stereocenters. The summed E-state index contributed by atoms with van der Waals surface area (Å²) in [5.74, 6) is 0. The highest BCUT2D eigenvalue weighted by Crippen LogP contribution is 2.14. The van der Waals surface area contributed by atoms with Gasteiger partial charge in [-0.05, 0) is 6.42 Å². The van der Waals surface area contributed by atoms with Crippen molar-refractivity contribution in [3.63, 3.8) is 0 Å². The standard InChI is InChI=1S/C20H42O4S.C6H15NO3/c1-2-3-4-5-6-7-8-9-10-11-12-13-14-15-16-17-18-19-20-24-25(21,22)23;8-4-1-7(2-5-9)3-6-10/h2-20H2,1H3,(H,21,22,23);8-10H,1-6H2. The molecule has 0 aliphatic rings. The molecule has 4 N–H and O–H groups in total. The lowest BCUT2D eigenvalue weighted by Gasteiger charge is -2.17. The Hall–Kier alpha value is -0.290. The molecule has 0 aliphatic heterocycles. The maximum absolute atomic E-state index is 10.3. The molecule has 8 nitrogen and oxygen atoms in total. The van der Waals surface area contributed by atoms with Gasteiger partial charge in [0, 0.05) is 19.6 Å². The number of rotatable bonds is 26. The normalized spacial score (nSPS) is 11.6. The van der Waals surface area contributed by atoms with Crippen molar-refractivity contribution >= 4 is 10.4 Å². The lowest BCUT2D eigenvalue weighted by Crippen LogP contribution is -2.32. The topological polar surface area (TPSA) is 128 Å². The van der Waals surface area contributed by atoms with Gasteiger partial charge in [0.05, 0.1) is 26.4 Å². The van der Waals surface area contributed by atoms with Crippen LogP contribution in [0.4, 0.5) is 0 Å². The summed E-state index contributed by atoms with van der Waals surface area (Å²) in [6, 6.07) is 0. The number of aliphatic hydroxyl groups is 3. The lowest BCUT2D eigenvalue weighted by molar-refractivity contribution is 0.136. The maximum Gasteiger partial charge on any atom is 0.397 e. The van der Waals surface area contributed by atoms with Crippen molar-refractivity contribution in [3.05, 3.63) is 0 Å². The van der Waals surface area contributed by atoms with Crippen LogP contribution in [0.2, 0.25) is 0 Å². The SMILES string of the molecule is CCCCCCCCCCCCCCCCCCCCOS(=O)(=O)O.OCCN(CCO)CCO. The van der Waals surface area contributed by atoms with Crippen LogP contribution in [-0.4, -0.2) is 79.3 Å². The third-order valence-electron chi connectivity index (χ3n) is 5.98. The average molecular weight is 528 g/mol. The van der Waals surface area contributed by atoms with E-state index in [0.29, 0.717) is 26.1 Å². The molecule has 0 aromatic carbocycles. The zero-order valence-corrected chi connectivity index (χ0v) is 23.4. The van der Waals surface area contributed by atoms with Crippen molar-refractivity contribution < 1.29 is 32.5 Å². The van der Waals surface area contributed by atoms with Crippen molar-refractivity contribution in [1.29, 1.82) is 0 Å². The summed E-state index contributed by atoms with van der Waals surface area (Å²) in [4.78, 5) is 1.79. The molecule has 0 saturated carbocycles. The molecule has 214 valence electrons. The molecule has 0 heterocycles. The van der Waals surface area contributed by atoms with Gasteiger partial charge in [0.2, 0.25) is 0 Å². The summed E-state index contributed by atoms with van der Waals surface area (Å²) in [6.45, 7) is 4.12. The van der Waals surface area contributed by atoms with Crippen molar-refractivity contribution in [2.75, 3.05) is 46.1 Å². The summed E-state index contributed by atoms with van der Waals surface area (Å²) >= 11 is 0. The van der Waals surface area contributed by atoms with Crippen molar-refractivity contribution in [2.24, 2.45) is 0 Å². The molecule has 35 heavy (non-hydrogen) atoms. The minimum absolute atomic E-state index is 0.0694. The molecule has 0 aliphatic carbocycles. The van der Waals surface area contributed by atoms with Gasteiger partial charge < -0.3 is 15.3 Å². The van der Waals surface area contributed by atoms with Gasteiger partial charge in [-0.15, -0.1) is 0 Å². The molecule has 0 rings (SSSR count). The third-order valence-corrected chi connectivity index (χ3v) is 6.44. The molecule has 0 fully saturated rings. The van der Waals surface area contributed by atoms with E-state index in [-0.39, 0.29) is 26.4 Å². The Morgan fingerprint density at radius 1 is 0.543 bits per heavy atom. The first-order chi connectivity index (χ1) is 16.9. The Bertz CT molecular complexity index is 478. The number of aliphatic hydroxyl groups excluding tert-OH is 3. The summed E-state index contributed by atoms with van der Waals surface area (Å²) < 4.78 is 33.4. The Labute approximate surface area is 216 Å². The van der Waals surface area contributed by atoms with E-state index >= 15 is 0 Å². The number of unbranched alkanes of at least 4 members (excludes halogenated alkanes) is 17. The minimum Gasteiger partial charge on any atom is -0.395 e. The largest absolute Gasteiger partial charge is 0.397 e. The summed E-state index contributed by atoms with van der Waals surface area (Å²) in [6.07, 6.45) is 23.4. The third kappa shape index (κ3) is 35.9. The van der Waals surface area contributed by atoms with Gasteiger partial charge in [-0.25, -0.2) is 4.18 Å². The van der Waals surface area contributed by atoms with Gasteiger partial charge in [0.25, 0.3) is 0 Å². The molecule has 0 amide bonds. The van der Waals surface area contributed by atoms with E-state index in [1.54, 1.807) is 4.90 Å². The zero-order valence-electron chi connectivity index (χ0n) is 22.5. The number of nitrogens with zero attached hydrogens (tertiary/aromatic N) is 1. The van der Waals surface area contributed by atoms with E-state index in [4.69, 9.17) is 19.9 Å². The highest BCUT2D eigenvalue weighted by molar-refractivity contribution is 7.80. The highest BCUT2D eigenvalue weighted by Gasteiger charge is 2.03. The van der Waals surface area contributed by atoms with Gasteiger partial charge >= 0.3 is 10.4 Å². The maximum atomic E-state index is 10.3. The van der Waals surface area contributed by atoms with E-state index < -0.39 is 10.4 Å². The molecule has 0 aromatic rings. The highest BCUT2D eigenvalue weighted by atomic mass is 32.3. The Kier molecular flexibility index (Phi) is 31.5. The molecule has 0 bridgehead atoms. The van der Waals surface area contributed by atoms with Gasteiger partial charge in [-0.3, -0.25) is 9.45 Å². The first-order valence-electron chi connectivity index (χ1n) is 14.1. The zero-order chi connectivity index (χ0) is 26.5. The van der Waals surface area contributed by atoms with Gasteiger partial charge in [-0.2, -0.15) is 8.42 Å². The van der Waals surface area contributed by atoms with Crippen molar-refractivity contribution in [3.8, 4) is 0 Å². The predicted octanol–water partition coefficient (Wildman–Crippen LogP) is 5.11. The lowest BCUT2D eigenvalue weighted by atomic mass is 10.0. The van der Waals surface area contributed by atoms with Crippen LogP contribution in [0.3, 0.4) is 0 Å². The fourth-order valence-corrected chi connectivity index (χ4v) is 4.26. The number of hydrogen-bond donors (Lipinski definition) is 4. The van der Waals surface area contributed by atoms with Crippen LogP contribution >= 0.6 is 0 Å². The van der Waals surface area contributed by atoms with Gasteiger partial charge in [-0.1, -0.05) is 116 Å². The molecule has 9 heteroatoms. The summed E-state index contributed by atoms with van der Waals surface area (Å²) in [7, 11) is -4.25. The predicted molar refractivity (Wildman–Crippen MR) is 144 cm³/mol. The van der Waals surface area contributed by atoms with Crippen molar-refractivity contribution in [1.82, 2.24) is 4.90 Å². The number of hydrogen-bond acceptors (Lipinski definition) is 7. The Balaban J connectivity index is 0. The molecule has 0 aromatic heterocycles. The van der Waals surface area contributed by atoms with Crippen LogP contribution in [0.15, 0.2) is 0 Å². The van der Waals surface area contributed by atoms with Gasteiger partial charge in [0.1, 0.15) is 0 Å². The molecule has 0 saturated heterocycles. The second-order valence-electron chi connectivity index (χ2n) is 9.27. The van der Waals surface area contributed by atoms with Crippen molar-refractivity contribution in [2.45, 2.75) is 122 Å². The van der Waals surface area contributed by atoms with Crippen LogP contribution in [-0.2, 0) is 14.6 Å². The van der Waals surface area contributed by atoms with E-state index in [2.05, 4.69) is 11.1 Å². The van der Waals surface area contributed by atoms with Gasteiger partial charge in [0.15, 0.2) is 0 Å². The average Bonchev–Trinajstić information content (AvgIpc) is 2.81. The van der Waals surface area contributed by atoms with Crippen LogP contribution in [0.5, 0.6) is 0 Å². The molecular formula is C26H57NO7S. The summed E-state index contributed by atoms with van der Waals surface area (Å²) in [5.41, 5.74) is 0. The quantitative estimate of drug-likeness (QED) is 0.0902. The first kappa shape index (κ1) is 36.9. The second-order valence-corrected chi connectivity index (χ2v) is 10.4. The monoisotopic (exact) mass is 527 g/mol. The Morgan fingerprint density at radius 2 is 0.829 bits per heavy atom. The van der Waals surface area contributed by atoms with Crippen LogP contribution in [0.1, 0.15) is 122 Å². The molecular weight excluding hydrogens is 470 g/mol. The van der Waals surface area contributed by atoms with E-state index in [1.807, 2.05) is 0 Å². The molecule has 0 unspecified atom stereocenters. The molecule has 0 spiro atoms.